The zero-order chi connectivity index (χ0) is 21.0. The Morgan fingerprint density at radius 1 is 1.03 bits per heavy atom. The van der Waals surface area contributed by atoms with Crippen molar-refractivity contribution in [3.05, 3.63) is 65.2 Å². The number of primary amides is 1. The van der Waals surface area contributed by atoms with E-state index in [2.05, 4.69) is 15.6 Å². The Morgan fingerprint density at radius 2 is 1.66 bits per heavy atom. The largest absolute Gasteiger partial charge is 0.366 e. The molecule has 2 amide bonds. The number of hydrogen-bond donors (Lipinski definition) is 3. The van der Waals surface area contributed by atoms with Crippen LogP contribution in [0.25, 0.3) is 0 Å². The molecule has 0 saturated carbocycles. The van der Waals surface area contributed by atoms with Gasteiger partial charge in [-0.05, 0) is 48.5 Å². The van der Waals surface area contributed by atoms with Crippen LogP contribution in [0.15, 0.2) is 58.8 Å². The Labute approximate surface area is 171 Å². The lowest BCUT2D eigenvalue weighted by Gasteiger charge is -2.05. The van der Waals surface area contributed by atoms with E-state index in [1.807, 2.05) is 0 Å². The second-order valence-electron chi connectivity index (χ2n) is 6.23. The van der Waals surface area contributed by atoms with E-state index < -0.39 is 15.7 Å². The van der Waals surface area contributed by atoms with E-state index in [0.717, 1.165) is 6.26 Å². The maximum Gasteiger partial charge on any atom is 0.248 e. The molecule has 0 radical (unpaired) electrons. The number of nitrogens with zero attached hydrogens (tertiary/aromatic N) is 1. The van der Waals surface area contributed by atoms with Crippen molar-refractivity contribution in [2.24, 2.45) is 5.73 Å². The Hall–Kier alpha value is -3.24. The van der Waals surface area contributed by atoms with Crippen LogP contribution in [-0.2, 0) is 21.1 Å². The number of anilines is 3. The number of amides is 2. The van der Waals surface area contributed by atoms with Gasteiger partial charge in [0.05, 0.1) is 17.0 Å². The van der Waals surface area contributed by atoms with Crippen LogP contribution >= 0.6 is 11.3 Å². The lowest BCUT2D eigenvalue weighted by molar-refractivity contribution is -0.115. The highest BCUT2D eigenvalue weighted by Crippen LogP contribution is 2.22. The molecule has 1 heterocycles. The number of nitrogens with one attached hydrogen (secondary N) is 2. The summed E-state index contributed by atoms with van der Waals surface area (Å²) in [4.78, 5) is 27.9. The molecule has 0 aliphatic heterocycles. The molecule has 8 nitrogen and oxygen atoms in total. The van der Waals surface area contributed by atoms with Gasteiger partial charge in [0.2, 0.25) is 11.8 Å². The number of carbonyl (C=O) groups excluding carboxylic acids is 2. The number of hydrogen-bond acceptors (Lipinski definition) is 7. The van der Waals surface area contributed by atoms with Gasteiger partial charge in [-0.2, -0.15) is 0 Å². The molecule has 0 atom stereocenters. The van der Waals surface area contributed by atoms with Crippen molar-refractivity contribution in [3.8, 4) is 0 Å². The summed E-state index contributed by atoms with van der Waals surface area (Å²) in [6.45, 7) is 0. The van der Waals surface area contributed by atoms with E-state index in [1.165, 1.54) is 35.6 Å². The molecule has 1 aromatic heterocycles. The van der Waals surface area contributed by atoms with Crippen molar-refractivity contribution in [1.82, 2.24) is 4.98 Å². The van der Waals surface area contributed by atoms with Gasteiger partial charge in [-0.15, -0.1) is 11.3 Å². The van der Waals surface area contributed by atoms with E-state index in [-0.39, 0.29) is 17.2 Å². The Bertz CT molecular complexity index is 1140. The molecule has 2 aromatic carbocycles. The van der Waals surface area contributed by atoms with Crippen molar-refractivity contribution in [2.45, 2.75) is 11.3 Å². The fraction of sp³-hybridized carbons (Fsp3) is 0.105. The first kappa shape index (κ1) is 20.5. The van der Waals surface area contributed by atoms with Gasteiger partial charge < -0.3 is 16.4 Å². The number of sulfone groups is 1. The SMILES string of the molecule is CS(=O)(=O)c1ccc(Nc2nc(CC(=O)Nc3ccc(C(N)=O)cc3)cs2)cc1. The van der Waals surface area contributed by atoms with Gasteiger partial charge in [-0.25, -0.2) is 13.4 Å². The lowest BCUT2D eigenvalue weighted by Crippen LogP contribution is -2.15. The standard InChI is InChI=1S/C19H18N4O4S2/c1-29(26,27)16-8-6-14(7-9-16)22-19-23-15(11-28-19)10-17(24)21-13-4-2-12(3-5-13)18(20)25/h2-9,11H,10H2,1H3,(H2,20,25)(H,21,24)(H,22,23). The summed E-state index contributed by atoms with van der Waals surface area (Å²) in [5.74, 6) is -0.775. The molecule has 4 N–H and O–H groups in total. The number of aromatic nitrogens is 1. The molecule has 0 aliphatic rings. The first-order valence-corrected chi connectivity index (χ1v) is 11.2. The first-order chi connectivity index (χ1) is 13.7. The van der Waals surface area contributed by atoms with E-state index in [9.17, 15) is 18.0 Å². The van der Waals surface area contributed by atoms with Crippen LogP contribution in [0, 0.1) is 0 Å². The van der Waals surface area contributed by atoms with Gasteiger partial charge in [0.15, 0.2) is 15.0 Å². The molecule has 0 fully saturated rings. The van der Waals surface area contributed by atoms with Gasteiger partial charge >= 0.3 is 0 Å². The third-order valence-corrected chi connectivity index (χ3v) is 5.82. The van der Waals surface area contributed by atoms with Crippen LogP contribution in [0.4, 0.5) is 16.5 Å². The van der Waals surface area contributed by atoms with E-state index >= 15 is 0 Å². The van der Waals surface area contributed by atoms with Crippen molar-refractivity contribution in [1.29, 1.82) is 0 Å². The second-order valence-corrected chi connectivity index (χ2v) is 9.11. The van der Waals surface area contributed by atoms with Gasteiger partial charge in [0.25, 0.3) is 0 Å². The molecule has 3 aromatic rings. The zero-order valence-electron chi connectivity index (χ0n) is 15.4. The third kappa shape index (κ3) is 5.62. The highest BCUT2D eigenvalue weighted by molar-refractivity contribution is 7.90. The topological polar surface area (TPSA) is 131 Å². The van der Waals surface area contributed by atoms with Crippen LogP contribution in [0.3, 0.4) is 0 Å². The summed E-state index contributed by atoms with van der Waals surface area (Å²) < 4.78 is 23.0. The molecule has 0 spiro atoms. The van der Waals surface area contributed by atoms with Crippen LogP contribution in [0.2, 0.25) is 0 Å². The van der Waals surface area contributed by atoms with E-state index in [0.29, 0.717) is 27.8 Å². The van der Waals surface area contributed by atoms with Crippen LogP contribution < -0.4 is 16.4 Å². The Kier molecular flexibility index (Phi) is 5.95. The van der Waals surface area contributed by atoms with Crippen LogP contribution in [0.1, 0.15) is 16.1 Å². The molecule has 0 aliphatic carbocycles. The minimum Gasteiger partial charge on any atom is -0.366 e. The third-order valence-electron chi connectivity index (χ3n) is 3.88. The van der Waals surface area contributed by atoms with E-state index in [4.69, 9.17) is 5.73 Å². The average Bonchev–Trinajstić information content (AvgIpc) is 3.08. The molecular formula is C19H18N4O4S2. The van der Waals surface area contributed by atoms with Crippen molar-refractivity contribution < 1.29 is 18.0 Å². The minimum atomic E-state index is -3.24. The average molecular weight is 431 g/mol. The van der Waals surface area contributed by atoms with Gasteiger partial charge in [-0.3, -0.25) is 9.59 Å². The molecule has 150 valence electrons. The fourth-order valence-corrected chi connectivity index (χ4v) is 3.80. The van der Waals surface area contributed by atoms with Crippen molar-refractivity contribution in [2.75, 3.05) is 16.9 Å². The van der Waals surface area contributed by atoms with Gasteiger partial charge in [0.1, 0.15) is 0 Å². The van der Waals surface area contributed by atoms with Crippen molar-refractivity contribution in [3.63, 3.8) is 0 Å². The number of nitrogens with two attached hydrogens (primary N) is 1. The molecule has 0 unspecified atom stereocenters. The van der Waals surface area contributed by atoms with Crippen molar-refractivity contribution >= 4 is 49.5 Å². The quantitative estimate of drug-likeness (QED) is 0.528. The molecular weight excluding hydrogens is 412 g/mol. The van der Waals surface area contributed by atoms with Crippen LogP contribution in [-0.4, -0.2) is 31.5 Å². The number of rotatable bonds is 7. The summed E-state index contributed by atoms with van der Waals surface area (Å²) in [6, 6.07) is 12.6. The molecule has 10 heteroatoms. The number of carbonyl (C=O) groups is 2. The smallest absolute Gasteiger partial charge is 0.248 e. The predicted octanol–water partition coefficient (Wildman–Crippen LogP) is 2.57. The number of benzene rings is 2. The van der Waals surface area contributed by atoms with Gasteiger partial charge in [0, 0.05) is 28.6 Å². The van der Waals surface area contributed by atoms with Crippen LogP contribution in [0.5, 0.6) is 0 Å². The molecule has 0 bridgehead atoms. The molecule has 3 rings (SSSR count). The Morgan fingerprint density at radius 3 is 2.24 bits per heavy atom. The summed E-state index contributed by atoms with van der Waals surface area (Å²) in [5.41, 5.74) is 7.39. The summed E-state index contributed by atoms with van der Waals surface area (Å²) in [5, 5.41) is 8.17. The zero-order valence-corrected chi connectivity index (χ0v) is 17.0. The highest BCUT2D eigenvalue weighted by atomic mass is 32.2. The number of thiazole rings is 1. The minimum absolute atomic E-state index is 0.0861. The first-order valence-electron chi connectivity index (χ1n) is 8.42. The summed E-state index contributed by atoms with van der Waals surface area (Å²) >= 11 is 1.34. The normalized spacial score (nSPS) is 11.1. The highest BCUT2D eigenvalue weighted by Gasteiger charge is 2.10. The fourth-order valence-electron chi connectivity index (χ4n) is 2.44. The summed E-state index contributed by atoms with van der Waals surface area (Å²) in [6.07, 6.45) is 1.24. The summed E-state index contributed by atoms with van der Waals surface area (Å²) in [7, 11) is -3.24. The maximum atomic E-state index is 12.2. The Balaban J connectivity index is 1.58. The molecule has 0 saturated heterocycles. The predicted molar refractivity (Wildman–Crippen MR) is 112 cm³/mol. The lowest BCUT2D eigenvalue weighted by atomic mass is 10.2. The second kappa shape index (κ2) is 8.41. The monoisotopic (exact) mass is 430 g/mol. The van der Waals surface area contributed by atoms with E-state index in [1.54, 1.807) is 29.6 Å². The molecule has 29 heavy (non-hydrogen) atoms. The van der Waals surface area contributed by atoms with Gasteiger partial charge in [-0.1, -0.05) is 0 Å². The maximum absolute atomic E-state index is 12.2.